The van der Waals surface area contributed by atoms with Crippen LogP contribution in [0.1, 0.15) is 23.0 Å². The highest BCUT2D eigenvalue weighted by Crippen LogP contribution is 2.33. The molecule has 1 aromatic heterocycles. The van der Waals surface area contributed by atoms with Gasteiger partial charge in [0.15, 0.2) is 0 Å². The van der Waals surface area contributed by atoms with Crippen LogP contribution >= 0.6 is 0 Å². The second-order valence-corrected chi connectivity index (χ2v) is 5.27. The Hall–Kier alpha value is -2.21. The maximum atomic E-state index is 12.3. The molecular weight excluding hydrogens is 270 g/mol. The first-order valence-corrected chi connectivity index (χ1v) is 6.78. The lowest BCUT2D eigenvalue weighted by atomic mass is 10.1. The molecule has 1 aromatic carbocycles. The van der Waals surface area contributed by atoms with Crippen molar-refractivity contribution in [2.45, 2.75) is 13.5 Å². The van der Waals surface area contributed by atoms with Crippen molar-refractivity contribution in [2.24, 2.45) is 7.05 Å². The standard InChI is InChI=1S/C15H21N3O3/c1-5-21-15(20)14-9-6-13(19)10(16)7-11(9)18(4)12(14)8-17(2)3/h6-7,19H,5,8,16H2,1-4H3. The number of esters is 1. The van der Waals surface area contributed by atoms with Gasteiger partial charge in [-0.15, -0.1) is 0 Å². The number of phenols is 1. The molecule has 2 rings (SSSR count). The van der Waals surface area contributed by atoms with Crippen molar-refractivity contribution in [3.63, 3.8) is 0 Å². The molecule has 1 heterocycles. The molecule has 6 nitrogen and oxygen atoms in total. The zero-order valence-corrected chi connectivity index (χ0v) is 12.8. The molecule has 0 unspecified atom stereocenters. The van der Waals surface area contributed by atoms with Gasteiger partial charge in [0, 0.05) is 24.7 Å². The van der Waals surface area contributed by atoms with Crippen LogP contribution < -0.4 is 5.73 Å². The van der Waals surface area contributed by atoms with Gasteiger partial charge in [0.1, 0.15) is 5.75 Å². The van der Waals surface area contributed by atoms with Gasteiger partial charge in [0.25, 0.3) is 0 Å². The van der Waals surface area contributed by atoms with Crippen molar-refractivity contribution in [1.29, 1.82) is 0 Å². The van der Waals surface area contributed by atoms with E-state index in [9.17, 15) is 9.90 Å². The first-order chi connectivity index (χ1) is 9.86. The molecule has 3 N–H and O–H groups in total. The number of carbonyl (C=O) groups is 1. The molecule has 21 heavy (non-hydrogen) atoms. The van der Waals surface area contributed by atoms with Crippen LogP contribution in [0.25, 0.3) is 10.9 Å². The third kappa shape index (κ3) is 2.67. The number of benzene rings is 1. The lowest BCUT2D eigenvalue weighted by Crippen LogP contribution is -2.17. The molecule has 0 atom stereocenters. The van der Waals surface area contributed by atoms with Crippen LogP contribution in [0.5, 0.6) is 5.75 Å². The number of rotatable bonds is 4. The molecule has 0 amide bonds. The topological polar surface area (TPSA) is 80.7 Å². The number of hydrogen-bond donors (Lipinski definition) is 2. The molecular formula is C15H21N3O3. The molecule has 0 saturated carbocycles. The van der Waals surface area contributed by atoms with Gasteiger partial charge >= 0.3 is 5.97 Å². The predicted octanol–water partition coefficient (Wildman–Crippen LogP) is 1.70. The molecule has 0 bridgehead atoms. The summed E-state index contributed by atoms with van der Waals surface area (Å²) in [5.74, 6) is -0.417. The number of anilines is 1. The summed E-state index contributed by atoms with van der Waals surface area (Å²) in [6.45, 7) is 2.65. The minimum atomic E-state index is -0.385. The Morgan fingerprint density at radius 1 is 1.43 bits per heavy atom. The summed E-state index contributed by atoms with van der Waals surface area (Å²) in [7, 11) is 5.73. The first kappa shape index (κ1) is 15.2. The number of hydrogen-bond acceptors (Lipinski definition) is 5. The van der Waals surface area contributed by atoms with E-state index < -0.39 is 0 Å². The second kappa shape index (κ2) is 5.65. The van der Waals surface area contributed by atoms with E-state index in [1.165, 1.54) is 6.07 Å². The SMILES string of the molecule is CCOC(=O)c1c(CN(C)C)n(C)c2cc(N)c(O)cc12. The molecule has 114 valence electrons. The number of nitrogens with two attached hydrogens (primary N) is 1. The van der Waals surface area contributed by atoms with Crippen LogP contribution in [0.3, 0.4) is 0 Å². The van der Waals surface area contributed by atoms with Crippen molar-refractivity contribution in [1.82, 2.24) is 9.47 Å². The zero-order valence-electron chi connectivity index (χ0n) is 12.8. The summed E-state index contributed by atoms with van der Waals surface area (Å²) in [4.78, 5) is 14.3. The van der Waals surface area contributed by atoms with Gasteiger partial charge in [-0.25, -0.2) is 4.79 Å². The van der Waals surface area contributed by atoms with Crippen LogP contribution in [0.4, 0.5) is 5.69 Å². The fourth-order valence-corrected chi connectivity index (χ4v) is 2.45. The van der Waals surface area contributed by atoms with Gasteiger partial charge in [-0.3, -0.25) is 0 Å². The summed E-state index contributed by atoms with van der Waals surface area (Å²) < 4.78 is 7.07. The van der Waals surface area contributed by atoms with Gasteiger partial charge in [-0.1, -0.05) is 0 Å². The predicted molar refractivity (Wildman–Crippen MR) is 82.3 cm³/mol. The number of carbonyl (C=O) groups excluding carboxylic acids is 1. The second-order valence-electron chi connectivity index (χ2n) is 5.27. The van der Waals surface area contributed by atoms with Crippen molar-refractivity contribution < 1.29 is 14.6 Å². The van der Waals surface area contributed by atoms with E-state index in [0.29, 0.717) is 24.1 Å². The summed E-state index contributed by atoms with van der Waals surface area (Å²) >= 11 is 0. The minimum Gasteiger partial charge on any atom is -0.506 e. The molecule has 0 radical (unpaired) electrons. The number of aryl methyl sites for hydroxylation is 1. The lowest BCUT2D eigenvalue weighted by Gasteiger charge is -2.13. The smallest absolute Gasteiger partial charge is 0.340 e. The average Bonchev–Trinajstić information content (AvgIpc) is 2.64. The third-order valence-electron chi connectivity index (χ3n) is 3.41. The van der Waals surface area contributed by atoms with Crippen LogP contribution in [-0.4, -0.2) is 41.2 Å². The maximum absolute atomic E-state index is 12.3. The van der Waals surface area contributed by atoms with E-state index in [-0.39, 0.29) is 17.4 Å². The summed E-state index contributed by atoms with van der Waals surface area (Å²) in [6, 6.07) is 3.20. The van der Waals surface area contributed by atoms with Crippen LogP contribution in [0.2, 0.25) is 0 Å². The normalized spacial score (nSPS) is 11.3. The zero-order chi connectivity index (χ0) is 15.7. The summed E-state index contributed by atoms with van der Waals surface area (Å²) in [5, 5.41) is 10.5. The highest BCUT2D eigenvalue weighted by atomic mass is 16.5. The van der Waals surface area contributed by atoms with Gasteiger partial charge in [0.2, 0.25) is 0 Å². The maximum Gasteiger partial charge on any atom is 0.340 e. The molecule has 2 aromatic rings. The Morgan fingerprint density at radius 2 is 2.10 bits per heavy atom. The number of aromatic hydroxyl groups is 1. The highest BCUT2D eigenvalue weighted by Gasteiger charge is 2.23. The first-order valence-electron chi connectivity index (χ1n) is 6.78. The van der Waals surface area contributed by atoms with Crippen LogP contribution in [0.15, 0.2) is 12.1 Å². The fourth-order valence-electron chi connectivity index (χ4n) is 2.45. The molecule has 0 saturated heterocycles. The van der Waals surface area contributed by atoms with Crippen molar-refractivity contribution in [3.8, 4) is 5.75 Å². The Labute approximate surface area is 123 Å². The third-order valence-corrected chi connectivity index (χ3v) is 3.41. The Balaban J connectivity index is 2.76. The van der Waals surface area contributed by atoms with E-state index in [4.69, 9.17) is 10.5 Å². The van der Waals surface area contributed by atoms with Crippen molar-refractivity contribution in [3.05, 3.63) is 23.4 Å². The molecule has 0 aliphatic rings. The quantitative estimate of drug-likeness (QED) is 0.509. The Kier molecular flexibility index (Phi) is 4.09. The molecule has 0 fully saturated rings. The van der Waals surface area contributed by atoms with Gasteiger partial charge in [-0.2, -0.15) is 0 Å². The number of nitrogens with zero attached hydrogens (tertiary/aromatic N) is 2. The molecule has 6 heteroatoms. The van der Waals surface area contributed by atoms with Gasteiger partial charge < -0.3 is 25.0 Å². The number of phenolic OH excluding ortho intramolecular Hbond substituents is 1. The van der Waals surface area contributed by atoms with E-state index in [1.54, 1.807) is 13.0 Å². The lowest BCUT2D eigenvalue weighted by molar-refractivity contribution is 0.0526. The van der Waals surface area contributed by atoms with E-state index in [0.717, 1.165) is 11.2 Å². The molecule has 0 spiro atoms. The number of fused-ring (bicyclic) bond motifs is 1. The van der Waals surface area contributed by atoms with Gasteiger partial charge in [0.05, 0.1) is 23.4 Å². The molecule has 0 aliphatic carbocycles. The Morgan fingerprint density at radius 3 is 2.67 bits per heavy atom. The van der Waals surface area contributed by atoms with Crippen LogP contribution in [0, 0.1) is 0 Å². The fraction of sp³-hybridized carbons (Fsp3) is 0.400. The summed E-state index contributed by atoms with van der Waals surface area (Å²) in [6.07, 6.45) is 0. The summed E-state index contributed by atoms with van der Waals surface area (Å²) in [5.41, 5.74) is 8.16. The Bertz CT molecular complexity index is 689. The van der Waals surface area contributed by atoms with Gasteiger partial charge in [-0.05, 0) is 33.2 Å². The van der Waals surface area contributed by atoms with Crippen LogP contribution in [-0.2, 0) is 18.3 Å². The molecule has 0 aliphatic heterocycles. The van der Waals surface area contributed by atoms with E-state index in [1.807, 2.05) is 30.6 Å². The van der Waals surface area contributed by atoms with Crippen molar-refractivity contribution in [2.75, 3.05) is 26.4 Å². The monoisotopic (exact) mass is 291 g/mol. The largest absolute Gasteiger partial charge is 0.506 e. The number of ether oxygens (including phenoxy) is 1. The number of aromatic nitrogens is 1. The average molecular weight is 291 g/mol. The van der Waals surface area contributed by atoms with E-state index >= 15 is 0 Å². The van der Waals surface area contributed by atoms with E-state index in [2.05, 4.69) is 0 Å². The number of nitrogen functional groups attached to an aromatic ring is 1. The highest BCUT2D eigenvalue weighted by molar-refractivity contribution is 6.07. The van der Waals surface area contributed by atoms with Crippen molar-refractivity contribution >= 4 is 22.6 Å². The minimum absolute atomic E-state index is 0.0324.